The van der Waals surface area contributed by atoms with Crippen LogP contribution in [0.3, 0.4) is 0 Å². The summed E-state index contributed by atoms with van der Waals surface area (Å²) in [4.78, 5) is 2.34. The summed E-state index contributed by atoms with van der Waals surface area (Å²) in [6.07, 6.45) is 0. The van der Waals surface area contributed by atoms with Gasteiger partial charge in [-0.05, 0) is 92.2 Å². The highest BCUT2D eigenvalue weighted by atomic mass is 16.3. The van der Waals surface area contributed by atoms with Crippen molar-refractivity contribution in [2.24, 2.45) is 0 Å². The molecule has 0 amide bonds. The largest absolute Gasteiger partial charge is 0.455 e. The molecule has 10 aromatic rings. The van der Waals surface area contributed by atoms with Gasteiger partial charge in [-0.3, -0.25) is 0 Å². The molecule has 0 spiro atoms. The molecule has 0 N–H and O–H groups in total. The molecule has 0 fully saturated rings. The van der Waals surface area contributed by atoms with E-state index in [1.54, 1.807) is 0 Å². The summed E-state index contributed by atoms with van der Waals surface area (Å²) in [6.45, 7) is 0. The minimum Gasteiger partial charge on any atom is -0.455 e. The van der Waals surface area contributed by atoms with Gasteiger partial charge in [0.25, 0.3) is 0 Å². The van der Waals surface area contributed by atoms with Crippen molar-refractivity contribution in [2.45, 2.75) is 0 Å². The minimum absolute atomic E-state index is 0.908. The van der Waals surface area contributed by atoms with Crippen molar-refractivity contribution in [3.63, 3.8) is 0 Å². The van der Waals surface area contributed by atoms with Crippen LogP contribution in [0.15, 0.2) is 217 Å². The maximum atomic E-state index is 6.39. The molecule has 0 radical (unpaired) electrons. The summed E-state index contributed by atoms with van der Waals surface area (Å²) >= 11 is 0. The standard InChI is InChI=1S/C52H35NO/c1-2-11-36(12-3-1)42-15-8-16-45(35-42)53(44-33-29-41(30-34-44)48-20-10-21-50-49-18-6-7-22-51(49)54-52(48)50)43-31-27-38(28-32-43)37-23-25-40(26-24-37)47-19-9-14-39-13-4-5-17-46(39)47/h1-35H. The van der Waals surface area contributed by atoms with Gasteiger partial charge in [-0.1, -0.05) is 170 Å². The Morgan fingerprint density at radius 3 is 1.57 bits per heavy atom. The van der Waals surface area contributed by atoms with Gasteiger partial charge in [0.2, 0.25) is 0 Å². The van der Waals surface area contributed by atoms with E-state index in [0.29, 0.717) is 0 Å². The highest BCUT2D eigenvalue weighted by Gasteiger charge is 2.16. The van der Waals surface area contributed by atoms with Gasteiger partial charge in [0.1, 0.15) is 11.2 Å². The first-order valence-corrected chi connectivity index (χ1v) is 18.4. The van der Waals surface area contributed by atoms with Crippen LogP contribution in [0.25, 0.3) is 77.2 Å². The molecule has 0 saturated heterocycles. The van der Waals surface area contributed by atoms with E-state index in [1.165, 1.54) is 44.2 Å². The highest BCUT2D eigenvalue weighted by molar-refractivity contribution is 6.09. The topological polar surface area (TPSA) is 16.4 Å². The van der Waals surface area contributed by atoms with E-state index < -0.39 is 0 Å². The van der Waals surface area contributed by atoms with E-state index in [-0.39, 0.29) is 0 Å². The van der Waals surface area contributed by atoms with E-state index in [2.05, 4.69) is 205 Å². The average Bonchev–Trinajstić information content (AvgIpc) is 3.64. The normalized spacial score (nSPS) is 11.3. The van der Waals surface area contributed by atoms with Crippen LogP contribution in [0.4, 0.5) is 17.1 Å². The maximum absolute atomic E-state index is 6.39. The molecule has 0 aliphatic heterocycles. The predicted molar refractivity (Wildman–Crippen MR) is 228 cm³/mol. The van der Waals surface area contributed by atoms with Crippen LogP contribution in [-0.4, -0.2) is 0 Å². The van der Waals surface area contributed by atoms with Crippen LogP contribution in [0.5, 0.6) is 0 Å². The van der Waals surface area contributed by atoms with E-state index in [1.807, 2.05) is 12.1 Å². The molecule has 0 bridgehead atoms. The van der Waals surface area contributed by atoms with Gasteiger partial charge in [0.05, 0.1) is 0 Å². The van der Waals surface area contributed by atoms with E-state index in [4.69, 9.17) is 4.42 Å². The molecule has 0 aliphatic carbocycles. The van der Waals surface area contributed by atoms with Crippen LogP contribution in [0, 0.1) is 0 Å². The fourth-order valence-corrected chi connectivity index (χ4v) is 7.79. The number of hydrogen-bond acceptors (Lipinski definition) is 2. The van der Waals surface area contributed by atoms with Gasteiger partial charge in [-0.25, -0.2) is 0 Å². The lowest BCUT2D eigenvalue weighted by Crippen LogP contribution is -2.10. The molecule has 2 nitrogen and oxygen atoms in total. The highest BCUT2D eigenvalue weighted by Crippen LogP contribution is 2.40. The quantitative estimate of drug-likeness (QED) is 0.166. The number of fused-ring (bicyclic) bond motifs is 4. The fraction of sp³-hybridized carbons (Fsp3) is 0. The van der Waals surface area contributed by atoms with Crippen LogP contribution < -0.4 is 4.90 Å². The number of hydrogen-bond donors (Lipinski definition) is 0. The van der Waals surface area contributed by atoms with Crippen LogP contribution in [0.1, 0.15) is 0 Å². The molecular weight excluding hydrogens is 655 g/mol. The van der Waals surface area contributed by atoms with Crippen molar-refractivity contribution in [1.29, 1.82) is 0 Å². The second kappa shape index (κ2) is 13.4. The van der Waals surface area contributed by atoms with E-state index in [0.717, 1.165) is 50.1 Å². The first kappa shape index (κ1) is 31.6. The third-order valence-corrected chi connectivity index (χ3v) is 10.5. The summed E-state index contributed by atoms with van der Waals surface area (Å²) in [5.74, 6) is 0. The van der Waals surface area contributed by atoms with E-state index in [9.17, 15) is 0 Å². The Morgan fingerprint density at radius 1 is 0.296 bits per heavy atom. The van der Waals surface area contributed by atoms with Crippen molar-refractivity contribution in [2.75, 3.05) is 4.90 Å². The Kier molecular flexibility index (Phi) is 7.85. The molecule has 54 heavy (non-hydrogen) atoms. The maximum Gasteiger partial charge on any atom is 0.143 e. The number of para-hydroxylation sites is 2. The molecule has 0 unspecified atom stereocenters. The summed E-state index contributed by atoms with van der Waals surface area (Å²) in [7, 11) is 0. The van der Waals surface area contributed by atoms with Crippen LogP contribution in [0.2, 0.25) is 0 Å². The van der Waals surface area contributed by atoms with Crippen molar-refractivity contribution in [3.05, 3.63) is 212 Å². The Hall–Kier alpha value is -7.16. The predicted octanol–water partition coefficient (Wildman–Crippen LogP) is 14.9. The fourth-order valence-electron chi connectivity index (χ4n) is 7.79. The van der Waals surface area contributed by atoms with Gasteiger partial charge in [-0.2, -0.15) is 0 Å². The Balaban J connectivity index is 1.01. The van der Waals surface area contributed by atoms with Gasteiger partial charge in [-0.15, -0.1) is 0 Å². The number of rotatable bonds is 7. The monoisotopic (exact) mass is 689 g/mol. The molecule has 0 saturated carbocycles. The van der Waals surface area contributed by atoms with Gasteiger partial charge < -0.3 is 9.32 Å². The molecule has 10 rings (SSSR count). The summed E-state index contributed by atoms with van der Waals surface area (Å²) in [6, 6.07) is 75.8. The van der Waals surface area contributed by atoms with Crippen molar-refractivity contribution >= 4 is 49.8 Å². The summed E-state index contributed by atoms with van der Waals surface area (Å²) < 4.78 is 6.39. The van der Waals surface area contributed by atoms with Crippen molar-refractivity contribution in [3.8, 4) is 44.5 Å². The molecule has 9 aromatic carbocycles. The number of benzene rings is 9. The second-order valence-electron chi connectivity index (χ2n) is 13.7. The van der Waals surface area contributed by atoms with Gasteiger partial charge in [0.15, 0.2) is 0 Å². The summed E-state index contributed by atoms with van der Waals surface area (Å²) in [5, 5.41) is 4.80. The number of anilines is 3. The van der Waals surface area contributed by atoms with Gasteiger partial charge >= 0.3 is 0 Å². The second-order valence-corrected chi connectivity index (χ2v) is 13.7. The van der Waals surface area contributed by atoms with E-state index >= 15 is 0 Å². The molecule has 0 atom stereocenters. The summed E-state index contributed by atoms with van der Waals surface area (Å²) in [5.41, 5.74) is 14.5. The number of furan rings is 1. The zero-order chi connectivity index (χ0) is 35.8. The third kappa shape index (κ3) is 5.71. The van der Waals surface area contributed by atoms with Crippen molar-refractivity contribution < 1.29 is 4.42 Å². The Morgan fingerprint density at radius 2 is 0.796 bits per heavy atom. The molecule has 254 valence electrons. The van der Waals surface area contributed by atoms with Gasteiger partial charge in [0, 0.05) is 33.4 Å². The molecule has 2 heteroatoms. The Labute approximate surface area is 314 Å². The zero-order valence-electron chi connectivity index (χ0n) is 29.6. The number of nitrogens with zero attached hydrogens (tertiary/aromatic N) is 1. The average molecular weight is 690 g/mol. The van der Waals surface area contributed by atoms with Crippen LogP contribution >= 0.6 is 0 Å². The minimum atomic E-state index is 0.908. The van der Waals surface area contributed by atoms with Crippen LogP contribution in [-0.2, 0) is 0 Å². The Bertz CT molecular complexity index is 2900. The lowest BCUT2D eigenvalue weighted by atomic mass is 9.96. The smallest absolute Gasteiger partial charge is 0.143 e. The SMILES string of the molecule is c1ccc(-c2cccc(N(c3ccc(-c4ccc(-c5cccc6ccccc56)cc4)cc3)c3ccc(-c4cccc5c4oc4ccccc45)cc3)c2)cc1. The molecular formula is C52H35NO. The third-order valence-electron chi connectivity index (χ3n) is 10.5. The lowest BCUT2D eigenvalue weighted by Gasteiger charge is -2.26. The lowest BCUT2D eigenvalue weighted by molar-refractivity contribution is 0.670. The first-order valence-electron chi connectivity index (χ1n) is 18.4. The molecule has 1 heterocycles. The first-order chi connectivity index (χ1) is 26.8. The molecule has 0 aliphatic rings. The van der Waals surface area contributed by atoms with Crippen molar-refractivity contribution in [1.82, 2.24) is 0 Å². The molecule has 1 aromatic heterocycles. The zero-order valence-corrected chi connectivity index (χ0v) is 29.6.